The van der Waals surface area contributed by atoms with Crippen LogP contribution in [-0.2, 0) is 11.0 Å². The highest BCUT2D eigenvalue weighted by Gasteiger charge is 2.33. The zero-order valence-corrected chi connectivity index (χ0v) is 15.7. The third kappa shape index (κ3) is 6.35. The van der Waals surface area contributed by atoms with Crippen molar-refractivity contribution in [3.63, 3.8) is 0 Å². The number of methoxy groups -OCH3 is 1. The molecular formula is C18H20F3N3O2S. The van der Waals surface area contributed by atoms with Gasteiger partial charge in [0.1, 0.15) is 11.6 Å². The van der Waals surface area contributed by atoms with E-state index in [1.807, 2.05) is 24.3 Å². The summed E-state index contributed by atoms with van der Waals surface area (Å²) in [6.45, 7) is 2.07. The smallest absolute Gasteiger partial charge is 0.419 e. The minimum atomic E-state index is -4.48. The van der Waals surface area contributed by atoms with Crippen molar-refractivity contribution in [3.8, 4) is 5.75 Å². The van der Waals surface area contributed by atoms with E-state index < -0.39 is 11.7 Å². The summed E-state index contributed by atoms with van der Waals surface area (Å²) in [5.41, 5.74) is -0.834. The lowest BCUT2D eigenvalue weighted by molar-refractivity contribution is -0.137. The number of rotatable bonds is 8. The van der Waals surface area contributed by atoms with Crippen LogP contribution in [0.15, 0.2) is 47.5 Å². The number of hydrogen-bond acceptors (Lipinski definition) is 5. The van der Waals surface area contributed by atoms with Crippen molar-refractivity contribution in [2.24, 2.45) is 0 Å². The molecule has 0 saturated heterocycles. The Labute approximate surface area is 159 Å². The molecule has 2 aromatic rings. The van der Waals surface area contributed by atoms with Gasteiger partial charge in [-0.15, -0.1) is 11.8 Å². The number of halogens is 3. The van der Waals surface area contributed by atoms with Gasteiger partial charge in [0, 0.05) is 24.2 Å². The molecule has 2 N–H and O–H groups in total. The van der Waals surface area contributed by atoms with Gasteiger partial charge < -0.3 is 15.4 Å². The number of benzene rings is 1. The predicted molar refractivity (Wildman–Crippen MR) is 99.1 cm³/mol. The molecule has 1 atom stereocenters. The number of carbonyl (C=O) groups excluding carboxylic acids is 1. The molecule has 0 aliphatic carbocycles. The standard InChI is InChI=1S/C18H20F3N3O2S/c1-12(27-14-7-5-13(26-2)6-8-14)17(25)24-11-10-23-16-15(18(19,20)21)4-3-9-22-16/h3-9,12H,10-11H2,1-2H3,(H,22,23)(H,24,25). The van der Waals surface area contributed by atoms with Crippen LogP contribution in [0.4, 0.5) is 19.0 Å². The van der Waals surface area contributed by atoms with E-state index in [4.69, 9.17) is 4.74 Å². The molecule has 2 rings (SSSR count). The quantitative estimate of drug-likeness (QED) is 0.522. The van der Waals surface area contributed by atoms with Gasteiger partial charge in [0.05, 0.1) is 17.9 Å². The first kappa shape index (κ1) is 20.9. The van der Waals surface area contributed by atoms with E-state index in [9.17, 15) is 18.0 Å². The van der Waals surface area contributed by atoms with E-state index in [1.165, 1.54) is 24.0 Å². The first-order valence-electron chi connectivity index (χ1n) is 8.15. The highest BCUT2D eigenvalue weighted by atomic mass is 32.2. The Bertz CT molecular complexity index is 754. The van der Waals surface area contributed by atoms with E-state index in [2.05, 4.69) is 15.6 Å². The summed E-state index contributed by atoms with van der Waals surface area (Å²) in [6, 6.07) is 9.52. The molecule has 27 heavy (non-hydrogen) atoms. The number of nitrogens with zero attached hydrogens (tertiary/aromatic N) is 1. The fourth-order valence-corrected chi connectivity index (χ4v) is 3.09. The van der Waals surface area contributed by atoms with Crippen LogP contribution in [0.3, 0.4) is 0 Å². The molecule has 9 heteroatoms. The Hall–Kier alpha value is -2.42. The van der Waals surface area contributed by atoms with Crippen LogP contribution in [0.2, 0.25) is 0 Å². The first-order chi connectivity index (χ1) is 12.8. The zero-order chi connectivity index (χ0) is 19.9. The van der Waals surface area contributed by atoms with Gasteiger partial charge in [-0.05, 0) is 43.3 Å². The van der Waals surface area contributed by atoms with Crippen LogP contribution >= 0.6 is 11.8 Å². The SMILES string of the molecule is COc1ccc(SC(C)C(=O)NCCNc2ncccc2C(F)(F)F)cc1. The summed E-state index contributed by atoms with van der Waals surface area (Å²) < 4.78 is 43.7. The normalized spacial score (nSPS) is 12.3. The average Bonchev–Trinajstić information content (AvgIpc) is 2.65. The van der Waals surface area contributed by atoms with Crippen LogP contribution < -0.4 is 15.4 Å². The van der Waals surface area contributed by atoms with E-state index in [0.717, 1.165) is 16.7 Å². The fourth-order valence-electron chi connectivity index (χ4n) is 2.20. The Morgan fingerprint density at radius 2 is 1.93 bits per heavy atom. The second kappa shape index (κ2) is 9.50. The van der Waals surface area contributed by atoms with Crippen molar-refractivity contribution >= 4 is 23.5 Å². The largest absolute Gasteiger partial charge is 0.497 e. The van der Waals surface area contributed by atoms with Crippen LogP contribution in [0.25, 0.3) is 0 Å². The van der Waals surface area contributed by atoms with Crippen LogP contribution in [0.5, 0.6) is 5.75 Å². The summed E-state index contributed by atoms with van der Waals surface area (Å²) in [5, 5.41) is 4.96. The molecule has 1 amide bonds. The number of nitrogens with one attached hydrogen (secondary N) is 2. The number of ether oxygens (including phenoxy) is 1. The molecule has 5 nitrogen and oxygen atoms in total. The van der Waals surface area contributed by atoms with Gasteiger partial charge in [-0.1, -0.05) is 0 Å². The molecule has 0 fully saturated rings. The highest BCUT2D eigenvalue weighted by molar-refractivity contribution is 8.00. The average molecular weight is 399 g/mol. The Kier molecular flexibility index (Phi) is 7.35. The van der Waals surface area contributed by atoms with Gasteiger partial charge in [0.25, 0.3) is 0 Å². The number of alkyl halides is 3. The number of carbonyl (C=O) groups is 1. The van der Waals surface area contributed by atoms with Gasteiger partial charge >= 0.3 is 6.18 Å². The number of anilines is 1. The third-order valence-electron chi connectivity index (χ3n) is 3.57. The van der Waals surface area contributed by atoms with Crippen molar-refractivity contribution in [2.75, 3.05) is 25.5 Å². The van der Waals surface area contributed by atoms with Gasteiger partial charge in [0.2, 0.25) is 5.91 Å². The van der Waals surface area contributed by atoms with Gasteiger partial charge in [0.15, 0.2) is 0 Å². The molecule has 0 bridgehead atoms. The molecule has 0 radical (unpaired) electrons. The minimum absolute atomic E-state index is 0.131. The van der Waals surface area contributed by atoms with E-state index in [-0.39, 0.29) is 30.1 Å². The van der Waals surface area contributed by atoms with Crippen LogP contribution in [0.1, 0.15) is 12.5 Å². The lowest BCUT2D eigenvalue weighted by Gasteiger charge is -2.15. The summed E-state index contributed by atoms with van der Waals surface area (Å²) in [7, 11) is 1.58. The highest BCUT2D eigenvalue weighted by Crippen LogP contribution is 2.33. The monoisotopic (exact) mass is 399 g/mol. The van der Waals surface area contributed by atoms with Gasteiger partial charge in [-0.2, -0.15) is 13.2 Å². The molecule has 1 heterocycles. The van der Waals surface area contributed by atoms with Crippen molar-refractivity contribution in [1.29, 1.82) is 0 Å². The summed E-state index contributed by atoms with van der Waals surface area (Å²) in [5.74, 6) is 0.282. The Morgan fingerprint density at radius 1 is 1.22 bits per heavy atom. The number of amides is 1. The molecular weight excluding hydrogens is 379 g/mol. The van der Waals surface area contributed by atoms with Crippen LogP contribution in [-0.4, -0.2) is 36.3 Å². The minimum Gasteiger partial charge on any atom is -0.497 e. The number of aromatic nitrogens is 1. The number of hydrogen-bond donors (Lipinski definition) is 2. The van der Waals surface area contributed by atoms with E-state index in [1.54, 1.807) is 14.0 Å². The summed E-state index contributed by atoms with van der Waals surface area (Å²) in [4.78, 5) is 16.8. The maximum atomic E-state index is 12.9. The van der Waals surface area contributed by atoms with Crippen molar-refractivity contribution in [1.82, 2.24) is 10.3 Å². The molecule has 146 valence electrons. The predicted octanol–water partition coefficient (Wildman–Crippen LogP) is 3.82. The Balaban J connectivity index is 1.79. The second-order valence-electron chi connectivity index (χ2n) is 5.55. The molecule has 1 aromatic carbocycles. The second-order valence-corrected chi connectivity index (χ2v) is 6.96. The summed E-state index contributed by atoms with van der Waals surface area (Å²) in [6.07, 6.45) is -3.20. The summed E-state index contributed by atoms with van der Waals surface area (Å²) >= 11 is 1.38. The van der Waals surface area contributed by atoms with Crippen molar-refractivity contribution in [2.45, 2.75) is 23.2 Å². The third-order valence-corrected chi connectivity index (χ3v) is 4.68. The zero-order valence-electron chi connectivity index (χ0n) is 14.8. The number of pyridine rings is 1. The maximum absolute atomic E-state index is 12.9. The van der Waals surface area contributed by atoms with Crippen molar-refractivity contribution < 1.29 is 22.7 Å². The molecule has 0 saturated carbocycles. The van der Waals surface area contributed by atoms with E-state index >= 15 is 0 Å². The molecule has 1 aromatic heterocycles. The van der Waals surface area contributed by atoms with Gasteiger partial charge in [-0.25, -0.2) is 4.98 Å². The molecule has 0 spiro atoms. The van der Waals surface area contributed by atoms with Crippen molar-refractivity contribution in [3.05, 3.63) is 48.2 Å². The molecule has 1 unspecified atom stereocenters. The Morgan fingerprint density at radius 3 is 2.56 bits per heavy atom. The topological polar surface area (TPSA) is 63.2 Å². The fraction of sp³-hybridized carbons (Fsp3) is 0.333. The van der Waals surface area contributed by atoms with Gasteiger partial charge in [-0.3, -0.25) is 4.79 Å². The molecule has 0 aliphatic rings. The maximum Gasteiger partial charge on any atom is 0.419 e. The lowest BCUT2D eigenvalue weighted by atomic mass is 10.2. The first-order valence-corrected chi connectivity index (χ1v) is 9.03. The lowest BCUT2D eigenvalue weighted by Crippen LogP contribution is -2.34. The van der Waals surface area contributed by atoms with E-state index in [0.29, 0.717) is 0 Å². The van der Waals surface area contributed by atoms with Crippen LogP contribution in [0, 0.1) is 0 Å². The number of thioether (sulfide) groups is 1. The molecule has 0 aliphatic heterocycles.